The van der Waals surface area contributed by atoms with Gasteiger partial charge in [0.2, 0.25) is 0 Å². The number of hydrogen-bond donors (Lipinski definition) is 2. The van der Waals surface area contributed by atoms with Crippen molar-refractivity contribution in [1.82, 2.24) is 4.98 Å². The second kappa shape index (κ2) is 8.85. The maximum atomic E-state index is 5.71. The lowest BCUT2D eigenvalue weighted by Gasteiger charge is -2.16. The molecular formula is C14H25N3O2. The first-order valence-corrected chi connectivity index (χ1v) is 6.69. The summed E-state index contributed by atoms with van der Waals surface area (Å²) in [5, 5.41) is 3.28. The van der Waals surface area contributed by atoms with Crippen LogP contribution in [0.4, 0.5) is 5.82 Å². The minimum absolute atomic E-state index is 0.0166. The lowest BCUT2D eigenvalue weighted by molar-refractivity contribution is 0.0365. The monoisotopic (exact) mass is 267 g/mol. The molecule has 1 rings (SSSR count). The number of methoxy groups -OCH3 is 2. The molecule has 0 amide bonds. The first-order valence-electron chi connectivity index (χ1n) is 6.69. The molecule has 5 heteroatoms. The zero-order chi connectivity index (χ0) is 14.1. The summed E-state index contributed by atoms with van der Waals surface area (Å²) >= 11 is 0. The Kier molecular flexibility index (Phi) is 7.40. The van der Waals surface area contributed by atoms with E-state index in [9.17, 15) is 0 Å². The van der Waals surface area contributed by atoms with Gasteiger partial charge in [-0.3, -0.25) is 0 Å². The first-order chi connectivity index (χ1) is 9.23. The van der Waals surface area contributed by atoms with Crippen LogP contribution in [0.15, 0.2) is 12.1 Å². The number of hydrogen-bond acceptors (Lipinski definition) is 5. The van der Waals surface area contributed by atoms with E-state index in [0.29, 0.717) is 19.7 Å². The van der Waals surface area contributed by atoms with Crippen molar-refractivity contribution in [3.63, 3.8) is 0 Å². The molecule has 1 aromatic rings. The lowest BCUT2D eigenvalue weighted by atomic mass is 10.1. The predicted molar refractivity (Wildman–Crippen MR) is 77.3 cm³/mol. The van der Waals surface area contributed by atoms with Crippen molar-refractivity contribution in [2.75, 3.05) is 32.7 Å². The zero-order valence-electron chi connectivity index (χ0n) is 12.1. The minimum atomic E-state index is 0.0166. The van der Waals surface area contributed by atoms with Gasteiger partial charge in [-0.1, -0.05) is 13.3 Å². The Morgan fingerprint density at radius 3 is 2.74 bits per heavy atom. The first kappa shape index (κ1) is 15.9. The normalized spacial score (nSPS) is 12.4. The number of ether oxygens (including phenoxy) is 2. The van der Waals surface area contributed by atoms with Crippen molar-refractivity contribution in [2.24, 2.45) is 5.73 Å². The molecule has 1 atom stereocenters. The van der Waals surface area contributed by atoms with Crippen LogP contribution in [0.1, 0.15) is 24.6 Å². The SMILES string of the molecule is CCCc1cc(CN)cc(NCC(COC)OC)n1. The van der Waals surface area contributed by atoms with Crippen molar-refractivity contribution < 1.29 is 9.47 Å². The third-order valence-electron chi connectivity index (χ3n) is 2.88. The number of nitrogens with two attached hydrogens (primary N) is 1. The molecule has 0 aliphatic carbocycles. The van der Waals surface area contributed by atoms with Gasteiger partial charge in [0.15, 0.2) is 0 Å². The predicted octanol–water partition coefficient (Wildman–Crippen LogP) is 1.57. The third-order valence-corrected chi connectivity index (χ3v) is 2.88. The highest BCUT2D eigenvalue weighted by Gasteiger charge is 2.08. The summed E-state index contributed by atoms with van der Waals surface area (Å²) in [6, 6.07) is 4.05. The van der Waals surface area contributed by atoms with Gasteiger partial charge in [0, 0.05) is 33.0 Å². The lowest BCUT2D eigenvalue weighted by Crippen LogP contribution is -2.27. The Morgan fingerprint density at radius 2 is 2.16 bits per heavy atom. The molecule has 1 unspecified atom stereocenters. The van der Waals surface area contributed by atoms with Crippen LogP contribution in [-0.2, 0) is 22.4 Å². The van der Waals surface area contributed by atoms with Gasteiger partial charge in [0.05, 0.1) is 12.7 Å². The Bertz CT molecular complexity index is 372. The summed E-state index contributed by atoms with van der Waals surface area (Å²) in [7, 11) is 3.34. The molecule has 5 nitrogen and oxygen atoms in total. The van der Waals surface area contributed by atoms with Gasteiger partial charge < -0.3 is 20.5 Å². The number of rotatable bonds is 9. The Hall–Kier alpha value is -1.17. The molecule has 0 fully saturated rings. The van der Waals surface area contributed by atoms with Gasteiger partial charge in [-0.25, -0.2) is 4.98 Å². The van der Waals surface area contributed by atoms with E-state index in [1.807, 2.05) is 6.07 Å². The smallest absolute Gasteiger partial charge is 0.126 e. The molecule has 1 aromatic heterocycles. The van der Waals surface area contributed by atoms with Gasteiger partial charge >= 0.3 is 0 Å². The van der Waals surface area contributed by atoms with E-state index >= 15 is 0 Å². The maximum absolute atomic E-state index is 5.71. The van der Waals surface area contributed by atoms with Gasteiger partial charge in [0.1, 0.15) is 5.82 Å². The Balaban J connectivity index is 2.67. The zero-order valence-corrected chi connectivity index (χ0v) is 12.1. The number of aromatic nitrogens is 1. The molecule has 0 spiro atoms. The Labute approximate surface area is 115 Å². The summed E-state index contributed by atoms with van der Waals surface area (Å²) in [6.45, 7) is 3.89. The van der Waals surface area contributed by atoms with Crippen molar-refractivity contribution in [3.8, 4) is 0 Å². The highest BCUT2D eigenvalue weighted by Crippen LogP contribution is 2.12. The standard InChI is InChI=1S/C14H25N3O2/c1-4-5-12-6-11(8-15)7-14(17-12)16-9-13(19-3)10-18-2/h6-7,13H,4-5,8-10,15H2,1-3H3,(H,16,17). The Morgan fingerprint density at radius 1 is 1.37 bits per heavy atom. The second-order valence-corrected chi connectivity index (χ2v) is 4.50. The van der Waals surface area contributed by atoms with Crippen LogP contribution in [-0.4, -0.2) is 38.5 Å². The molecule has 0 saturated carbocycles. The fourth-order valence-electron chi connectivity index (χ4n) is 1.86. The molecule has 0 radical (unpaired) electrons. The van der Waals surface area contributed by atoms with Gasteiger partial charge in [-0.05, 0) is 24.1 Å². The fourth-order valence-corrected chi connectivity index (χ4v) is 1.86. The topological polar surface area (TPSA) is 69.4 Å². The largest absolute Gasteiger partial charge is 0.382 e. The van der Waals surface area contributed by atoms with Crippen LogP contribution in [0.5, 0.6) is 0 Å². The van der Waals surface area contributed by atoms with Crippen molar-refractivity contribution in [2.45, 2.75) is 32.4 Å². The van der Waals surface area contributed by atoms with Crippen LogP contribution >= 0.6 is 0 Å². The maximum Gasteiger partial charge on any atom is 0.126 e. The number of nitrogens with one attached hydrogen (secondary N) is 1. The average Bonchev–Trinajstić information content (AvgIpc) is 2.43. The summed E-state index contributed by atoms with van der Waals surface area (Å²) in [5.41, 5.74) is 7.89. The van der Waals surface area contributed by atoms with Crippen LogP contribution in [0.2, 0.25) is 0 Å². The molecule has 19 heavy (non-hydrogen) atoms. The van der Waals surface area contributed by atoms with Crippen LogP contribution < -0.4 is 11.1 Å². The molecule has 0 bridgehead atoms. The van der Waals surface area contributed by atoms with Gasteiger partial charge in [-0.15, -0.1) is 0 Å². The number of pyridine rings is 1. The average molecular weight is 267 g/mol. The second-order valence-electron chi connectivity index (χ2n) is 4.50. The van der Waals surface area contributed by atoms with Crippen molar-refractivity contribution in [1.29, 1.82) is 0 Å². The van der Waals surface area contributed by atoms with Crippen LogP contribution in [0, 0.1) is 0 Å². The number of aryl methyl sites for hydroxylation is 1. The fraction of sp³-hybridized carbons (Fsp3) is 0.643. The van der Waals surface area contributed by atoms with Crippen molar-refractivity contribution in [3.05, 3.63) is 23.4 Å². The van der Waals surface area contributed by atoms with E-state index in [4.69, 9.17) is 15.2 Å². The molecular weight excluding hydrogens is 242 g/mol. The third kappa shape index (κ3) is 5.55. The summed E-state index contributed by atoms with van der Waals surface area (Å²) < 4.78 is 10.4. The van der Waals surface area contributed by atoms with E-state index in [2.05, 4.69) is 23.3 Å². The summed E-state index contributed by atoms with van der Waals surface area (Å²) in [6.07, 6.45) is 2.06. The molecule has 0 aliphatic heterocycles. The van der Waals surface area contributed by atoms with E-state index in [1.54, 1.807) is 14.2 Å². The van der Waals surface area contributed by atoms with Gasteiger partial charge in [0.25, 0.3) is 0 Å². The summed E-state index contributed by atoms with van der Waals surface area (Å²) in [4.78, 5) is 4.57. The minimum Gasteiger partial charge on any atom is -0.382 e. The van der Waals surface area contributed by atoms with Gasteiger partial charge in [-0.2, -0.15) is 0 Å². The molecule has 108 valence electrons. The summed E-state index contributed by atoms with van der Waals surface area (Å²) in [5.74, 6) is 0.851. The van der Waals surface area contributed by atoms with E-state index in [0.717, 1.165) is 29.9 Å². The number of anilines is 1. The molecule has 0 aliphatic rings. The number of nitrogens with zero attached hydrogens (tertiary/aromatic N) is 1. The molecule has 3 N–H and O–H groups in total. The highest BCUT2D eigenvalue weighted by atomic mass is 16.5. The van der Waals surface area contributed by atoms with E-state index in [-0.39, 0.29) is 6.10 Å². The van der Waals surface area contributed by atoms with Crippen molar-refractivity contribution >= 4 is 5.82 Å². The molecule has 0 aromatic carbocycles. The van der Waals surface area contributed by atoms with Crippen LogP contribution in [0.25, 0.3) is 0 Å². The van der Waals surface area contributed by atoms with Crippen LogP contribution in [0.3, 0.4) is 0 Å². The van der Waals surface area contributed by atoms with E-state index in [1.165, 1.54) is 0 Å². The molecule has 1 heterocycles. The molecule has 0 saturated heterocycles. The van der Waals surface area contributed by atoms with E-state index < -0.39 is 0 Å². The highest BCUT2D eigenvalue weighted by molar-refractivity contribution is 5.40. The quantitative estimate of drug-likeness (QED) is 0.710.